The minimum Gasteiger partial charge on any atom is -0.319 e. The number of halogens is 2. The van der Waals surface area contributed by atoms with Crippen molar-refractivity contribution in [3.05, 3.63) is 69.7 Å². The van der Waals surface area contributed by atoms with Gasteiger partial charge in [0.15, 0.2) is 5.78 Å². The molecular formula is C18H14Cl2N2O3. The van der Waals surface area contributed by atoms with E-state index >= 15 is 0 Å². The quantitative estimate of drug-likeness (QED) is 0.654. The molecule has 2 aromatic rings. The van der Waals surface area contributed by atoms with Gasteiger partial charge < -0.3 is 5.32 Å². The maximum atomic E-state index is 12.8. The number of urea groups is 1. The highest BCUT2D eigenvalue weighted by molar-refractivity contribution is 6.37. The molecule has 1 fully saturated rings. The molecule has 128 valence electrons. The van der Waals surface area contributed by atoms with Gasteiger partial charge in [-0.25, -0.2) is 4.79 Å². The van der Waals surface area contributed by atoms with Crippen molar-refractivity contribution in [1.29, 1.82) is 0 Å². The first kappa shape index (κ1) is 17.5. The zero-order valence-corrected chi connectivity index (χ0v) is 14.8. The third-order valence-corrected chi connectivity index (χ3v) is 4.71. The van der Waals surface area contributed by atoms with Gasteiger partial charge in [-0.05, 0) is 30.7 Å². The molecule has 1 N–H and O–H groups in total. The first-order valence-electron chi connectivity index (χ1n) is 7.51. The summed E-state index contributed by atoms with van der Waals surface area (Å²) in [7, 11) is 0. The van der Waals surface area contributed by atoms with Crippen LogP contribution in [0.2, 0.25) is 10.0 Å². The summed E-state index contributed by atoms with van der Waals surface area (Å²) in [5.74, 6) is -0.926. The molecule has 0 saturated carbocycles. The number of nitrogens with one attached hydrogen (secondary N) is 1. The minimum absolute atomic E-state index is 0.176. The lowest BCUT2D eigenvalue weighted by Crippen LogP contribution is -2.41. The first-order chi connectivity index (χ1) is 11.8. The second kappa shape index (κ2) is 6.50. The fourth-order valence-electron chi connectivity index (χ4n) is 2.75. The van der Waals surface area contributed by atoms with E-state index in [0.717, 1.165) is 4.90 Å². The summed E-state index contributed by atoms with van der Waals surface area (Å²) in [5.41, 5.74) is -0.351. The average Bonchev–Trinajstić information content (AvgIpc) is 2.80. The molecule has 5 nitrogen and oxygen atoms in total. The summed E-state index contributed by atoms with van der Waals surface area (Å²) in [6, 6.07) is 12.7. The molecule has 25 heavy (non-hydrogen) atoms. The van der Waals surface area contributed by atoms with Crippen molar-refractivity contribution in [3.63, 3.8) is 0 Å². The Morgan fingerprint density at radius 2 is 1.80 bits per heavy atom. The molecule has 1 atom stereocenters. The van der Waals surface area contributed by atoms with E-state index in [2.05, 4.69) is 5.32 Å². The summed E-state index contributed by atoms with van der Waals surface area (Å²) in [5, 5.41) is 3.23. The first-order valence-corrected chi connectivity index (χ1v) is 8.26. The zero-order valence-electron chi connectivity index (χ0n) is 13.3. The van der Waals surface area contributed by atoms with Gasteiger partial charge >= 0.3 is 6.03 Å². The third kappa shape index (κ3) is 3.13. The number of amides is 3. The van der Waals surface area contributed by atoms with Crippen molar-refractivity contribution < 1.29 is 14.4 Å². The van der Waals surface area contributed by atoms with Crippen LogP contribution in [0.25, 0.3) is 0 Å². The van der Waals surface area contributed by atoms with E-state index in [1.807, 2.05) is 6.07 Å². The van der Waals surface area contributed by atoms with Gasteiger partial charge in [0.25, 0.3) is 5.91 Å². The molecule has 1 saturated heterocycles. The number of benzene rings is 2. The van der Waals surface area contributed by atoms with Crippen molar-refractivity contribution in [2.24, 2.45) is 0 Å². The number of hydrogen-bond acceptors (Lipinski definition) is 3. The molecule has 7 heteroatoms. The van der Waals surface area contributed by atoms with E-state index in [0.29, 0.717) is 10.6 Å². The Hall–Kier alpha value is -2.37. The fraction of sp³-hybridized carbons (Fsp3) is 0.167. The van der Waals surface area contributed by atoms with Crippen LogP contribution in [0, 0.1) is 0 Å². The zero-order chi connectivity index (χ0) is 18.2. The van der Waals surface area contributed by atoms with Crippen LogP contribution >= 0.6 is 23.2 Å². The highest BCUT2D eigenvalue weighted by Gasteiger charge is 2.49. The maximum absolute atomic E-state index is 12.8. The molecule has 0 aromatic heterocycles. The molecule has 0 unspecified atom stereocenters. The van der Waals surface area contributed by atoms with Gasteiger partial charge in [0.2, 0.25) is 0 Å². The normalized spacial score (nSPS) is 19.9. The molecule has 1 aliphatic heterocycles. The van der Waals surface area contributed by atoms with E-state index in [-0.39, 0.29) is 10.6 Å². The number of carbonyl (C=O) groups is 3. The number of carbonyl (C=O) groups excluding carboxylic acids is 3. The Bertz CT molecular complexity index is 870. The molecule has 0 spiro atoms. The summed E-state index contributed by atoms with van der Waals surface area (Å²) < 4.78 is 0. The standard InChI is InChI=1S/C18H14Cl2N2O3/c1-18(11-5-3-2-4-6-11)16(24)22(17(25)21-18)10-15(23)13-8-7-12(19)9-14(13)20/h2-9H,10H2,1H3,(H,21,25)/t18-/m1/s1. The van der Waals surface area contributed by atoms with Gasteiger partial charge in [-0.15, -0.1) is 0 Å². The predicted octanol–water partition coefficient (Wildman–Crippen LogP) is 3.64. The molecule has 0 aliphatic carbocycles. The Labute approximate surface area is 154 Å². The second-order valence-electron chi connectivity index (χ2n) is 5.86. The van der Waals surface area contributed by atoms with Crippen molar-refractivity contribution >= 4 is 40.9 Å². The molecule has 1 heterocycles. The van der Waals surface area contributed by atoms with Gasteiger partial charge in [0.05, 0.1) is 11.6 Å². The smallest absolute Gasteiger partial charge is 0.319 e. The van der Waals surface area contributed by atoms with Gasteiger partial charge in [-0.3, -0.25) is 14.5 Å². The molecule has 0 radical (unpaired) electrons. The highest BCUT2D eigenvalue weighted by atomic mass is 35.5. The number of Topliss-reactive ketones (excluding diaryl/α,β-unsaturated/α-hetero) is 1. The number of hydrogen-bond donors (Lipinski definition) is 1. The van der Waals surface area contributed by atoms with Crippen LogP contribution in [-0.4, -0.2) is 29.2 Å². The van der Waals surface area contributed by atoms with Crippen LogP contribution in [0.5, 0.6) is 0 Å². The molecule has 3 rings (SSSR count). The summed E-state index contributed by atoms with van der Waals surface area (Å²) >= 11 is 11.8. The van der Waals surface area contributed by atoms with Crippen molar-refractivity contribution in [3.8, 4) is 0 Å². The Balaban J connectivity index is 1.85. The van der Waals surface area contributed by atoms with E-state index in [1.54, 1.807) is 31.2 Å². The lowest BCUT2D eigenvalue weighted by molar-refractivity contribution is -0.130. The number of imide groups is 1. The van der Waals surface area contributed by atoms with Gasteiger partial charge in [0.1, 0.15) is 5.54 Å². The topological polar surface area (TPSA) is 66.5 Å². The molecule has 3 amide bonds. The van der Waals surface area contributed by atoms with Gasteiger partial charge in [0, 0.05) is 10.6 Å². The summed E-state index contributed by atoms with van der Waals surface area (Å²) in [6.45, 7) is 1.22. The van der Waals surface area contributed by atoms with Crippen LogP contribution in [0.4, 0.5) is 4.79 Å². The van der Waals surface area contributed by atoms with Gasteiger partial charge in [-0.2, -0.15) is 0 Å². The Morgan fingerprint density at radius 1 is 1.12 bits per heavy atom. The lowest BCUT2D eigenvalue weighted by atomic mass is 9.92. The van der Waals surface area contributed by atoms with Crippen molar-refractivity contribution in [2.45, 2.75) is 12.5 Å². The van der Waals surface area contributed by atoms with Crippen LogP contribution in [0.1, 0.15) is 22.8 Å². The molecule has 2 aromatic carbocycles. The molecule has 0 bridgehead atoms. The van der Waals surface area contributed by atoms with E-state index in [9.17, 15) is 14.4 Å². The lowest BCUT2D eigenvalue weighted by Gasteiger charge is -2.22. The van der Waals surface area contributed by atoms with Crippen LogP contribution < -0.4 is 5.32 Å². The summed E-state index contributed by atoms with van der Waals surface area (Å²) in [4.78, 5) is 38.4. The van der Waals surface area contributed by atoms with Crippen LogP contribution in [0.3, 0.4) is 0 Å². The fourth-order valence-corrected chi connectivity index (χ4v) is 3.27. The van der Waals surface area contributed by atoms with Crippen molar-refractivity contribution in [2.75, 3.05) is 6.54 Å². The largest absolute Gasteiger partial charge is 0.325 e. The van der Waals surface area contributed by atoms with E-state index in [1.165, 1.54) is 18.2 Å². The second-order valence-corrected chi connectivity index (χ2v) is 6.70. The van der Waals surface area contributed by atoms with Crippen molar-refractivity contribution in [1.82, 2.24) is 10.2 Å². The predicted molar refractivity (Wildman–Crippen MR) is 94.8 cm³/mol. The Morgan fingerprint density at radius 3 is 2.44 bits per heavy atom. The number of ketones is 1. The monoisotopic (exact) mass is 376 g/mol. The van der Waals surface area contributed by atoms with Crippen LogP contribution in [0.15, 0.2) is 48.5 Å². The Kier molecular flexibility index (Phi) is 4.54. The van der Waals surface area contributed by atoms with Gasteiger partial charge in [-0.1, -0.05) is 53.5 Å². The summed E-state index contributed by atoms with van der Waals surface area (Å²) in [6.07, 6.45) is 0. The third-order valence-electron chi connectivity index (χ3n) is 4.16. The van der Waals surface area contributed by atoms with Crippen LogP contribution in [-0.2, 0) is 10.3 Å². The number of nitrogens with zero attached hydrogens (tertiary/aromatic N) is 1. The van der Waals surface area contributed by atoms with E-state index < -0.39 is 29.8 Å². The maximum Gasteiger partial charge on any atom is 0.325 e. The molecule has 1 aliphatic rings. The average molecular weight is 377 g/mol. The molecular weight excluding hydrogens is 363 g/mol. The van der Waals surface area contributed by atoms with E-state index in [4.69, 9.17) is 23.2 Å². The highest BCUT2D eigenvalue weighted by Crippen LogP contribution is 2.29. The SMILES string of the molecule is C[C@]1(c2ccccc2)NC(=O)N(CC(=O)c2ccc(Cl)cc2Cl)C1=O. The number of rotatable bonds is 4. The minimum atomic E-state index is -1.21.